The van der Waals surface area contributed by atoms with Gasteiger partial charge in [-0.2, -0.15) is 0 Å². The van der Waals surface area contributed by atoms with E-state index in [-0.39, 0.29) is 12.1 Å². The first-order chi connectivity index (χ1) is 9.08. The lowest BCUT2D eigenvalue weighted by molar-refractivity contribution is 0.0526. The largest absolute Gasteiger partial charge is 0.462 e. The summed E-state index contributed by atoms with van der Waals surface area (Å²) >= 11 is 0. The Hall–Kier alpha value is -1.75. The van der Waals surface area contributed by atoms with E-state index in [1.807, 2.05) is 13.8 Å². The number of carbonyl (C=O) groups is 1. The summed E-state index contributed by atoms with van der Waals surface area (Å²) in [7, 11) is 0. The van der Waals surface area contributed by atoms with Gasteiger partial charge in [0, 0.05) is 13.2 Å². The molecule has 0 radical (unpaired) electrons. The molecule has 0 spiro atoms. The second-order valence-electron chi connectivity index (χ2n) is 4.17. The van der Waals surface area contributed by atoms with Crippen molar-refractivity contribution in [2.75, 3.05) is 30.8 Å². The van der Waals surface area contributed by atoms with Crippen LogP contribution in [-0.2, 0) is 9.47 Å². The summed E-state index contributed by atoms with van der Waals surface area (Å²) < 4.78 is 10.3. The van der Waals surface area contributed by atoms with Crippen molar-refractivity contribution in [3.05, 3.63) is 23.8 Å². The highest BCUT2D eigenvalue weighted by molar-refractivity contribution is 5.91. The molecule has 0 heterocycles. The highest BCUT2D eigenvalue weighted by Crippen LogP contribution is 2.20. The Bertz CT molecular complexity index is 421. The average Bonchev–Trinajstić information content (AvgIpc) is 2.38. The van der Waals surface area contributed by atoms with Crippen LogP contribution in [0.25, 0.3) is 0 Å². The molecular weight excluding hydrogens is 244 g/mol. The molecule has 0 fully saturated rings. The fourth-order valence-corrected chi connectivity index (χ4v) is 1.66. The van der Waals surface area contributed by atoms with Crippen molar-refractivity contribution in [3.8, 4) is 0 Å². The van der Waals surface area contributed by atoms with Crippen LogP contribution in [-0.4, -0.2) is 31.8 Å². The predicted octanol–water partition coefficient (Wildman–Crippen LogP) is 2.28. The molecule has 0 aliphatic rings. The summed E-state index contributed by atoms with van der Waals surface area (Å²) in [5.41, 5.74) is 7.68. The third-order valence-electron chi connectivity index (χ3n) is 2.59. The topological polar surface area (TPSA) is 73.6 Å². The van der Waals surface area contributed by atoms with Crippen molar-refractivity contribution in [2.45, 2.75) is 26.9 Å². The van der Waals surface area contributed by atoms with Crippen LogP contribution in [0.1, 0.15) is 31.1 Å². The number of esters is 1. The number of carbonyl (C=O) groups excluding carboxylic acids is 1. The van der Waals surface area contributed by atoms with E-state index in [1.54, 1.807) is 25.1 Å². The summed E-state index contributed by atoms with van der Waals surface area (Å²) in [4.78, 5) is 11.5. The summed E-state index contributed by atoms with van der Waals surface area (Å²) in [5, 5.41) is 3.19. The van der Waals surface area contributed by atoms with E-state index in [1.165, 1.54) is 0 Å². The maximum absolute atomic E-state index is 11.5. The zero-order chi connectivity index (χ0) is 14.3. The predicted molar refractivity (Wildman–Crippen MR) is 76.4 cm³/mol. The van der Waals surface area contributed by atoms with Crippen LogP contribution < -0.4 is 11.1 Å². The van der Waals surface area contributed by atoms with Crippen LogP contribution in [0.4, 0.5) is 11.4 Å². The molecule has 1 rings (SSSR count). The van der Waals surface area contributed by atoms with Crippen molar-refractivity contribution >= 4 is 17.3 Å². The molecule has 0 saturated heterocycles. The van der Waals surface area contributed by atoms with Gasteiger partial charge >= 0.3 is 5.97 Å². The number of ether oxygens (including phenoxy) is 2. The fourth-order valence-electron chi connectivity index (χ4n) is 1.66. The van der Waals surface area contributed by atoms with Gasteiger partial charge in [-0.15, -0.1) is 0 Å². The zero-order valence-corrected chi connectivity index (χ0v) is 11.7. The standard InChI is InChI=1S/C14H22N2O3/c1-4-18-10(3)9-16-13-7-6-11(8-12(13)15)14(17)19-5-2/h6-8,10,16H,4-5,9,15H2,1-3H3. The molecule has 0 aliphatic carbocycles. The van der Waals surface area contributed by atoms with Crippen molar-refractivity contribution in [2.24, 2.45) is 0 Å². The lowest BCUT2D eigenvalue weighted by Crippen LogP contribution is -2.20. The van der Waals surface area contributed by atoms with E-state index in [9.17, 15) is 4.79 Å². The Kier molecular flexibility index (Phi) is 6.15. The van der Waals surface area contributed by atoms with Crippen LogP contribution >= 0.6 is 0 Å². The quantitative estimate of drug-likeness (QED) is 0.585. The van der Waals surface area contributed by atoms with E-state index >= 15 is 0 Å². The van der Waals surface area contributed by atoms with Gasteiger partial charge in [0.1, 0.15) is 0 Å². The molecule has 106 valence electrons. The number of benzene rings is 1. The van der Waals surface area contributed by atoms with Gasteiger partial charge in [-0.05, 0) is 39.0 Å². The number of nitrogens with one attached hydrogen (secondary N) is 1. The van der Waals surface area contributed by atoms with Gasteiger partial charge < -0.3 is 20.5 Å². The van der Waals surface area contributed by atoms with Crippen LogP contribution in [0.15, 0.2) is 18.2 Å². The second-order valence-corrected chi connectivity index (χ2v) is 4.17. The number of hydrogen-bond donors (Lipinski definition) is 2. The van der Waals surface area contributed by atoms with E-state index < -0.39 is 0 Å². The number of nitrogen functional groups attached to an aromatic ring is 1. The average molecular weight is 266 g/mol. The summed E-state index contributed by atoms with van der Waals surface area (Å²) in [6.45, 7) is 7.41. The van der Waals surface area contributed by atoms with Crippen LogP contribution in [0.3, 0.4) is 0 Å². The number of rotatable bonds is 7. The molecule has 0 saturated carbocycles. The number of hydrogen-bond acceptors (Lipinski definition) is 5. The van der Waals surface area contributed by atoms with Gasteiger partial charge in [0.15, 0.2) is 0 Å². The Labute approximate surface area is 114 Å². The molecule has 0 bridgehead atoms. The van der Waals surface area contributed by atoms with Crippen LogP contribution in [0.2, 0.25) is 0 Å². The Morgan fingerprint density at radius 1 is 1.37 bits per heavy atom. The molecule has 0 amide bonds. The molecule has 1 atom stereocenters. The van der Waals surface area contributed by atoms with Crippen molar-refractivity contribution in [1.29, 1.82) is 0 Å². The molecule has 1 aromatic rings. The molecule has 1 unspecified atom stereocenters. The lowest BCUT2D eigenvalue weighted by atomic mass is 10.1. The number of anilines is 2. The zero-order valence-electron chi connectivity index (χ0n) is 11.7. The minimum atomic E-state index is -0.358. The van der Waals surface area contributed by atoms with E-state index in [0.717, 1.165) is 5.69 Å². The molecule has 19 heavy (non-hydrogen) atoms. The van der Waals surface area contributed by atoms with Crippen molar-refractivity contribution in [1.82, 2.24) is 0 Å². The van der Waals surface area contributed by atoms with Gasteiger partial charge in [-0.1, -0.05) is 0 Å². The maximum Gasteiger partial charge on any atom is 0.338 e. The first-order valence-electron chi connectivity index (χ1n) is 6.50. The Morgan fingerprint density at radius 2 is 2.11 bits per heavy atom. The SMILES string of the molecule is CCOC(=O)c1ccc(NCC(C)OCC)c(N)c1. The fraction of sp³-hybridized carbons (Fsp3) is 0.500. The van der Waals surface area contributed by atoms with Crippen LogP contribution in [0.5, 0.6) is 0 Å². The van der Waals surface area contributed by atoms with Gasteiger partial charge in [-0.3, -0.25) is 0 Å². The first-order valence-corrected chi connectivity index (χ1v) is 6.50. The second kappa shape index (κ2) is 7.63. The maximum atomic E-state index is 11.5. The van der Waals surface area contributed by atoms with Crippen LogP contribution in [0, 0.1) is 0 Å². The van der Waals surface area contributed by atoms with E-state index in [4.69, 9.17) is 15.2 Å². The molecule has 1 aromatic carbocycles. The minimum Gasteiger partial charge on any atom is -0.462 e. The van der Waals surface area contributed by atoms with Gasteiger partial charge in [-0.25, -0.2) is 4.79 Å². The monoisotopic (exact) mass is 266 g/mol. The van der Waals surface area contributed by atoms with Gasteiger partial charge in [0.25, 0.3) is 0 Å². The van der Waals surface area contributed by atoms with Gasteiger partial charge in [0.2, 0.25) is 0 Å². The lowest BCUT2D eigenvalue weighted by Gasteiger charge is -2.15. The van der Waals surface area contributed by atoms with Gasteiger partial charge in [0.05, 0.1) is 29.6 Å². The first kappa shape index (κ1) is 15.3. The third kappa shape index (κ3) is 4.79. The molecule has 0 aromatic heterocycles. The van der Waals surface area contributed by atoms with Crippen molar-refractivity contribution in [3.63, 3.8) is 0 Å². The molecule has 0 aliphatic heterocycles. The summed E-state index contributed by atoms with van der Waals surface area (Å²) in [5.74, 6) is -0.358. The summed E-state index contributed by atoms with van der Waals surface area (Å²) in [6.07, 6.45) is 0.106. The van der Waals surface area contributed by atoms with Crippen molar-refractivity contribution < 1.29 is 14.3 Å². The Morgan fingerprint density at radius 3 is 2.68 bits per heavy atom. The summed E-state index contributed by atoms with van der Waals surface area (Å²) in [6, 6.07) is 5.09. The smallest absolute Gasteiger partial charge is 0.338 e. The highest BCUT2D eigenvalue weighted by Gasteiger charge is 2.09. The Balaban J connectivity index is 2.64. The normalized spacial score (nSPS) is 11.9. The molecule has 3 N–H and O–H groups in total. The number of nitrogens with two attached hydrogens (primary N) is 1. The molecule has 5 heteroatoms. The van der Waals surface area contributed by atoms with E-state index in [2.05, 4.69) is 5.32 Å². The van der Waals surface area contributed by atoms with E-state index in [0.29, 0.717) is 31.0 Å². The third-order valence-corrected chi connectivity index (χ3v) is 2.59. The minimum absolute atomic E-state index is 0.106. The molecular formula is C14H22N2O3. The highest BCUT2D eigenvalue weighted by atomic mass is 16.5. The molecule has 5 nitrogen and oxygen atoms in total.